The summed E-state index contributed by atoms with van der Waals surface area (Å²) in [5.74, 6) is -0.338. The number of aromatic nitrogens is 1. The van der Waals surface area contributed by atoms with Gasteiger partial charge in [0.15, 0.2) is 0 Å². The molecule has 0 fully saturated rings. The number of carbonyl (C=O) groups is 1. The van der Waals surface area contributed by atoms with Crippen LogP contribution >= 0.6 is 0 Å². The highest BCUT2D eigenvalue weighted by Gasteiger charge is 2.32. The minimum Gasteiger partial charge on any atom is -0.457 e. The first-order chi connectivity index (χ1) is 14.7. The van der Waals surface area contributed by atoms with Crippen molar-refractivity contribution in [2.45, 2.75) is 12.3 Å². The van der Waals surface area contributed by atoms with Crippen LogP contribution in [-0.2, 0) is 6.18 Å². The number of alkyl halides is 3. The van der Waals surface area contributed by atoms with Gasteiger partial charge in [0, 0.05) is 11.1 Å². The Labute approximate surface area is 174 Å². The van der Waals surface area contributed by atoms with E-state index in [0.29, 0.717) is 22.5 Å². The van der Waals surface area contributed by atoms with Crippen LogP contribution in [0.5, 0.6) is 11.5 Å². The van der Waals surface area contributed by atoms with Crippen molar-refractivity contribution in [1.29, 1.82) is 0 Å². The smallest absolute Gasteiger partial charge is 0.416 e. The molecule has 0 bridgehead atoms. The summed E-state index contributed by atoms with van der Waals surface area (Å²) in [4.78, 5) is 15.5. The van der Waals surface area contributed by atoms with Gasteiger partial charge in [0.2, 0.25) is 0 Å². The number of hydrogen-bond acceptors (Lipinski definition) is 5. The first kappa shape index (κ1) is 22.2. The van der Waals surface area contributed by atoms with Gasteiger partial charge in [0.25, 0.3) is 5.91 Å². The van der Waals surface area contributed by atoms with E-state index in [9.17, 15) is 23.1 Å². The Morgan fingerprint density at radius 2 is 1.84 bits per heavy atom. The second-order valence-electron chi connectivity index (χ2n) is 6.58. The highest BCUT2D eigenvalue weighted by molar-refractivity contribution is 5.91. The molecule has 0 radical (unpaired) electrons. The first-order valence-electron chi connectivity index (χ1n) is 9.09. The van der Waals surface area contributed by atoms with Gasteiger partial charge in [0.1, 0.15) is 29.8 Å². The monoisotopic (exact) mass is 434 g/mol. The zero-order chi connectivity index (χ0) is 22.6. The van der Waals surface area contributed by atoms with Crippen LogP contribution < -0.4 is 16.0 Å². The van der Waals surface area contributed by atoms with Crippen molar-refractivity contribution in [2.75, 3.05) is 6.54 Å². The summed E-state index contributed by atoms with van der Waals surface area (Å²) >= 11 is 0. The van der Waals surface area contributed by atoms with Crippen LogP contribution in [0.4, 0.5) is 13.2 Å². The van der Waals surface area contributed by atoms with Gasteiger partial charge in [-0.25, -0.2) is 15.7 Å². The SMILES string of the molecule is NC(=O)c1cccc(-c2ccc(Oc3ccc(C(F)(F)F)cc3C(O)C[NH2+]O)cc2)n1. The topological polar surface area (TPSA) is 122 Å². The molecule has 31 heavy (non-hydrogen) atoms. The second-order valence-corrected chi connectivity index (χ2v) is 6.58. The summed E-state index contributed by atoms with van der Waals surface area (Å²) in [5, 5.41) is 19.1. The molecule has 0 aliphatic rings. The molecular weight excluding hydrogens is 415 g/mol. The van der Waals surface area contributed by atoms with Crippen molar-refractivity contribution in [3.05, 3.63) is 77.5 Å². The first-order valence-corrected chi connectivity index (χ1v) is 9.09. The number of aliphatic hydroxyl groups is 1. The molecule has 1 heterocycles. The average molecular weight is 434 g/mol. The van der Waals surface area contributed by atoms with E-state index in [0.717, 1.165) is 18.2 Å². The van der Waals surface area contributed by atoms with E-state index in [-0.39, 0.29) is 23.6 Å². The summed E-state index contributed by atoms with van der Waals surface area (Å²) in [5.41, 5.74) is 6.13. The molecule has 0 spiro atoms. The minimum absolute atomic E-state index is 0.0175. The quantitative estimate of drug-likeness (QED) is 0.426. The number of amides is 1. The zero-order valence-corrected chi connectivity index (χ0v) is 16.0. The van der Waals surface area contributed by atoms with Gasteiger partial charge < -0.3 is 15.6 Å². The number of hydrogen-bond donors (Lipinski definition) is 4. The van der Waals surface area contributed by atoms with E-state index in [1.54, 1.807) is 36.4 Å². The molecule has 1 amide bonds. The molecule has 0 saturated carbocycles. The van der Waals surface area contributed by atoms with Gasteiger partial charge in [-0.15, -0.1) is 0 Å². The molecule has 0 aliphatic carbocycles. The van der Waals surface area contributed by atoms with Crippen LogP contribution in [0.15, 0.2) is 60.7 Å². The third-order valence-electron chi connectivity index (χ3n) is 4.40. The summed E-state index contributed by atoms with van der Waals surface area (Å²) in [6, 6.07) is 14.0. The van der Waals surface area contributed by atoms with Gasteiger partial charge in [-0.05, 0) is 54.6 Å². The lowest BCUT2D eigenvalue weighted by Crippen LogP contribution is -2.81. The van der Waals surface area contributed by atoms with E-state index in [1.165, 1.54) is 6.07 Å². The fourth-order valence-electron chi connectivity index (χ4n) is 2.86. The van der Waals surface area contributed by atoms with Crippen LogP contribution in [0.2, 0.25) is 0 Å². The molecule has 1 atom stereocenters. The molecule has 1 unspecified atom stereocenters. The molecule has 2 aromatic carbocycles. The summed E-state index contributed by atoms with van der Waals surface area (Å²) in [6.07, 6.45) is -5.98. The number of pyridine rings is 1. The predicted molar refractivity (Wildman–Crippen MR) is 103 cm³/mol. The Morgan fingerprint density at radius 3 is 2.45 bits per heavy atom. The molecule has 162 valence electrons. The fourth-order valence-corrected chi connectivity index (χ4v) is 2.86. The number of carbonyl (C=O) groups excluding carboxylic acids is 1. The average Bonchev–Trinajstić information content (AvgIpc) is 2.74. The van der Waals surface area contributed by atoms with Crippen LogP contribution in [0.1, 0.15) is 27.7 Å². The van der Waals surface area contributed by atoms with Gasteiger partial charge in [-0.2, -0.15) is 13.2 Å². The van der Waals surface area contributed by atoms with E-state index in [1.807, 2.05) is 0 Å². The number of nitrogens with zero attached hydrogens (tertiary/aromatic N) is 1. The van der Waals surface area contributed by atoms with Gasteiger partial charge in [-0.3, -0.25) is 4.79 Å². The largest absolute Gasteiger partial charge is 0.457 e. The van der Waals surface area contributed by atoms with Crippen molar-refractivity contribution in [3.8, 4) is 22.8 Å². The number of nitrogens with two attached hydrogens (primary N) is 2. The number of benzene rings is 2. The number of ether oxygens (including phenoxy) is 1. The van der Waals surface area contributed by atoms with Gasteiger partial charge in [-0.1, -0.05) is 6.07 Å². The third-order valence-corrected chi connectivity index (χ3v) is 4.40. The lowest BCUT2D eigenvalue weighted by Gasteiger charge is -2.17. The molecule has 10 heteroatoms. The molecule has 6 N–H and O–H groups in total. The van der Waals surface area contributed by atoms with E-state index >= 15 is 0 Å². The van der Waals surface area contributed by atoms with Crippen LogP contribution in [0.25, 0.3) is 11.3 Å². The molecule has 3 rings (SSSR count). The summed E-state index contributed by atoms with van der Waals surface area (Å²) in [7, 11) is 0. The Bertz CT molecular complexity index is 1070. The molecule has 1 aromatic heterocycles. The van der Waals surface area contributed by atoms with Crippen LogP contribution in [0.3, 0.4) is 0 Å². The van der Waals surface area contributed by atoms with Crippen molar-refractivity contribution < 1.29 is 38.5 Å². The molecule has 0 aliphatic heterocycles. The number of hydroxylamine groups is 1. The maximum Gasteiger partial charge on any atom is 0.416 e. The number of halogens is 3. The molecule has 7 nitrogen and oxygen atoms in total. The van der Waals surface area contributed by atoms with E-state index in [4.69, 9.17) is 15.7 Å². The van der Waals surface area contributed by atoms with Crippen LogP contribution in [0, 0.1) is 0 Å². The Hall–Kier alpha value is -3.47. The Kier molecular flexibility index (Phi) is 6.54. The van der Waals surface area contributed by atoms with Crippen molar-refractivity contribution in [2.24, 2.45) is 5.73 Å². The van der Waals surface area contributed by atoms with Gasteiger partial charge >= 0.3 is 6.18 Å². The van der Waals surface area contributed by atoms with Crippen LogP contribution in [-0.4, -0.2) is 27.7 Å². The zero-order valence-electron chi connectivity index (χ0n) is 16.0. The minimum atomic E-state index is -4.59. The number of rotatable bonds is 7. The van der Waals surface area contributed by atoms with E-state index < -0.39 is 23.8 Å². The maximum atomic E-state index is 13.0. The molecular formula is C21H19F3N3O4+. The highest BCUT2D eigenvalue weighted by atomic mass is 19.4. The number of primary amides is 1. The second kappa shape index (κ2) is 9.13. The van der Waals surface area contributed by atoms with Crippen molar-refractivity contribution >= 4 is 5.91 Å². The molecule has 3 aromatic rings. The third kappa shape index (κ3) is 5.37. The lowest BCUT2D eigenvalue weighted by atomic mass is 10.0. The van der Waals surface area contributed by atoms with Crippen molar-refractivity contribution in [3.63, 3.8) is 0 Å². The summed E-state index contributed by atoms with van der Waals surface area (Å²) < 4.78 is 44.8. The normalized spacial score (nSPS) is 12.4. The number of aliphatic hydroxyl groups excluding tert-OH is 1. The standard InChI is InChI=1S/C21H18F3N3O4/c22-21(23,24)13-6-9-19(15(10-13)18(28)11-26-30)31-14-7-4-12(5-8-14)16-2-1-3-17(27-16)20(25)29/h1-10,18,26,28,30H,11H2,(H2,25,29)/p+1. The Balaban J connectivity index is 1.88. The maximum absolute atomic E-state index is 13.0. The van der Waals surface area contributed by atoms with Gasteiger partial charge in [0.05, 0.1) is 11.3 Å². The number of quaternary nitrogens is 1. The predicted octanol–water partition coefficient (Wildman–Crippen LogP) is 2.64. The van der Waals surface area contributed by atoms with Crippen molar-refractivity contribution in [1.82, 2.24) is 4.98 Å². The Morgan fingerprint density at radius 1 is 1.13 bits per heavy atom. The molecule has 0 saturated heterocycles. The fraction of sp³-hybridized carbons (Fsp3) is 0.143. The lowest BCUT2D eigenvalue weighted by molar-refractivity contribution is -0.890. The summed E-state index contributed by atoms with van der Waals surface area (Å²) in [6.45, 7) is -0.265. The van der Waals surface area contributed by atoms with E-state index in [2.05, 4.69) is 4.98 Å². The highest BCUT2D eigenvalue weighted by Crippen LogP contribution is 2.36.